The van der Waals surface area contributed by atoms with Crippen LogP contribution < -0.4 is 5.32 Å². The van der Waals surface area contributed by atoms with E-state index < -0.39 is 23.8 Å². The molecule has 6 nitrogen and oxygen atoms in total. The minimum atomic E-state index is -0.835. The van der Waals surface area contributed by atoms with Gasteiger partial charge in [-0.3, -0.25) is 15.1 Å². The molecule has 2 aromatic carbocycles. The Kier molecular flexibility index (Phi) is 7.32. The van der Waals surface area contributed by atoms with Crippen LogP contribution in [-0.4, -0.2) is 36.7 Å². The molecule has 0 saturated heterocycles. The van der Waals surface area contributed by atoms with Crippen molar-refractivity contribution in [1.29, 1.82) is 0 Å². The molecule has 2 aromatic rings. The van der Waals surface area contributed by atoms with Crippen LogP contribution in [0.1, 0.15) is 38.3 Å². The number of methoxy groups -OCH3 is 1. The number of hydrogen-bond acceptors (Lipinski definition) is 5. The van der Waals surface area contributed by atoms with Crippen molar-refractivity contribution in [2.45, 2.75) is 39.0 Å². The normalized spacial score (nSPS) is 11.9. The van der Waals surface area contributed by atoms with Crippen LogP contribution in [0, 0.1) is 0 Å². The molecule has 2 rings (SSSR count). The number of ether oxygens (including phenoxy) is 2. The molecular formula is C22H26N2O4. The number of esters is 1. The maximum Gasteiger partial charge on any atom is 0.409 e. The average molecular weight is 382 g/mol. The predicted molar refractivity (Wildman–Crippen MR) is 108 cm³/mol. The highest BCUT2D eigenvalue weighted by Crippen LogP contribution is 2.14. The van der Waals surface area contributed by atoms with Gasteiger partial charge in [-0.15, -0.1) is 0 Å². The van der Waals surface area contributed by atoms with Gasteiger partial charge in [-0.25, -0.2) is 4.79 Å². The molecule has 1 amide bonds. The fraction of sp³-hybridized carbons (Fsp3) is 0.318. The third kappa shape index (κ3) is 6.87. The first-order valence-corrected chi connectivity index (χ1v) is 9.03. The summed E-state index contributed by atoms with van der Waals surface area (Å²) in [6, 6.07) is 19.2. The van der Waals surface area contributed by atoms with Crippen molar-refractivity contribution in [2.24, 2.45) is 4.99 Å². The predicted octanol–water partition coefficient (Wildman–Crippen LogP) is 3.94. The first-order valence-electron chi connectivity index (χ1n) is 9.03. The van der Waals surface area contributed by atoms with Crippen molar-refractivity contribution in [2.75, 3.05) is 7.11 Å². The summed E-state index contributed by atoms with van der Waals surface area (Å²) in [5, 5.41) is 2.66. The first kappa shape index (κ1) is 21.2. The second-order valence-corrected chi connectivity index (χ2v) is 7.15. The smallest absolute Gasteiger partial charge is 0.409 e. The summed E-state index contributed by atoms with van der Waals surface area (Å²) in [6.07, 6.45) is -1.60. The van der Waals surface area contributed by atoms with Crippen molar-refractivity contribution >= 4 is 17.8 Å². The van der Waals surface area contributed by atoms with E-state index in [9.17, 15) is 9.59 Å². The molecule has 148 valence electrons. The zero-order chi connectivity index (χ0) is 20.6. The quantitative estimate of drug-likeness (QED) is 0.606. The van der Waals surface area contributed by atoms with Crippen molar-refractivity contribution in [3.05, 3.63) is 71.8 Å². The summed E-state index contributed by atoms with van der Waals surface area (Å²) >= 11 is 0. The largest absolute Gasteiger partial charge is 0.469 e. The van der Waals surface area contributed by atoms with E-state index in [0.29, 0.717) is 5.71 Å². The van der Waals surface area contributed by atoms with Gasteiger partial charge in [0.1, 0.15) is 11.8 Å². The lowest BCUT2D eigenvalue weighted by Gasteiger charge is -2.22. The maximum atomic E-state index is 12.2. The molecule has 0 spiro atoms. The second kappa shape index (κ2) is 9.69. The van der Waals surface area contributed by atoms with E-state index in [1.165, 1.54) is 7.11 Å². The number of alkyl carbamates (subject to hydrolysis) is 1. The Morgan fingerprint density at radius 1 is 0.964 bits per heavy atom. The molecule has 0 saturated carbocycles. The molecule has 0 fully saturated rings. The Morgan fingerprint density at radius 3 is 1.89 bits per heavy atom. The molecule has 0 heterocycles. The molecule has 1 N–H and O–H groups in total. The SMILES string of the molecule is COC(=O)CC(N=C(c1ccccc1)c1ccccc1)NC(=O)OC(C)(C)C. The molecular weight excluding hydrogens is 356 g/mol. The van der Waals surface area contributed by atoms with Gasteiger partial charge in [0.25, 0.3) is 0 Å². The molecule has 0 radical (unpaired) electrons. The summed E-state index contributed by atoms with van der Waals surface area (Å²) in [7, 11) is 1.30. The molecule has 0 aliphatic heterocycles. The number of hydrogen-bond donors (Lipinski definition) is 1. The lowest BCUT2D eigenvalue weighted by Crippen LogP contribution is -2.40. The summed E-state index contributed by atoms with van der Waals surface area (Å²) in [6.45, 7) is 5.31. The fourth-order valence-electron chi connectivity index (χ4n) is 2.48. The van der Waals surface area contributed by atoms with E-state index in [0.717, 1.165) is 11.1 Å². The van der Waals surface area contributed by atoms with E-state index >= 15 is 0 Å². The van der Waals surface area contributed by atoms with Crippen LogP contribution in [0.25, 0.3) is 0 Å². The standard InChI is InChI=1S/C22H26N2O4/c1-22(2,3)28-21(26)24-18(15-19(25)27-4)23-20(16-11-7-5-8-12-16)17-13-9-6-10-14-17/h5-14,18H,15H2,1-4H3,(H,24,26). The van der Waals surface area contributed by atoms with Gasteiger partial charge in [-0.05, 0) is 20.8 Å². The van der Waals surface area contributed by atoms with Crippen LogP contribution in [-0.2, 0) is 14.3 Å². The Morgan fingerprint density at radius 2 is 1.46 bits per heavy atom. The summed E-state index contributed by atoms with van der Waals surface area (Å²) in [5.41, 5.74) is 1.74. The highest BCUT2D eigenvalue weighted by Gasteiger charge is 2.22. The fourth-order valence-corrected chi connectivity index (χ4v) is 2.48. The van der Waals surface area contributed by atoms with Crippen molar-refractivity contribution in [1.82, 2.24) is 5.32 Å². The Bertz CT molecular complexity index is 770. The minimum Gasteiger partial charge on any atom is -0.469 e. The van der Waals surface area contributed by atoms with Crippen LogP contribution in [0.4, 0.5) is 4.79 Å². The average Bonchev–Trinajstić information content (AvgIpc) is 2.65. The molecule has 1 unspecified atom stereocenters. The molecule has 0 aliphatic rings. The van der Waals surface area contributed by atoms with Gasteiger partial charge in [0.15, 0.2) is 0 Å². The van der Waals surface area contributed by atoms with Gasteiger partial charge in [0.2, 0.25) is 0 Å². The zero-order valence-electron chi connectivity index (χ0n) is 16.6. The monoisotopic (exact) mass is 382 g/mol. The summed E-state index contributed by atoms with van der Waals surface area (Å²) in [4.78, 5) is 28.8. The van der Waals surface area contributed by atoms with Gasteiger partial charge < -0.3 is 9.47 Å². The first-order chi connectivity index (χ1) is 13.3. The highest BCUT2D eigenvalue weighted by molar-refractivity contribution is 6.13. The molecule has 0 aromatic heterocycles. The van der Waals surface area contributed by atoms with Gasteiger partial charge in [0.05, 0.1) is 19.2 Å². The van der Waals surface area contributed by atoms with E-state index in [-0.39, 0.29) is 6.42 Å². The maximum absolute atomic E-state index is 12.2. The number of aliphatic imine (C=N–C) groups is 1. The van der Waals surface area contributed by atoms with Gasteiger partial charge in [0, 0.05) is 11.1 Å². The van der Waals surface area contributed by atoms with Crippen molar-refractivity contribution < 1.29 is 19.1 Å². The molecule has 1 atom stereocenters. The van der Waals surface area contributed by atoms with Crippen LogP contribution >= 0.6 is 0 Å². The molecule has 28 heavy (non-hydrogen) atoms. The molecule has 0 bridgehead atoms. The number of nitrogens with zero attached hydrogens (tertiary/aromatic N) is 1. The van der Waals surface area contributed by atoms with Crippen LogP contribution in [0.2, 0.25) is 0 Å². The summed E-state index contributed by atoms with van der Waals surface area (Å²) < 4.78 is 10.1. The van der Waals surface area contributed by atoms with E-state index in [4.69, 9.17) is 9.47 Å². The number of amides is 1. The third-order valence-electron chi connectivity index (χ3n) is 3.65. The Hall–Kier alpha value is -3.15. The number of carbonyl (C=O) groups excluding carboxylic acids is 2. The topological polar surface area (TPSA) is 77.0 Å². The molecule has 6 heteroatoms. The zero-order valence-corrected chi connectivity index (χ0v) is 16.6. The van der Waals surface area contributed by atoms with Crippen molar-refractivity contribution in [3.63, 3.8) is 0 Å². The van der Waals surface area contributed by atoms with Crippen LogP contribution in [0.15, 0.2) is 65.7 Å². The Balaban J connectivity index is 2.40. The third-order valence-corrected chi connectivity index (χ3v) is 3.65. The number of nitrogens with one attached hydrogen (secondary N) is 1. The Labute approximate surface area is 165 Å². The van der Waals surface area contributed by atoms with E-state index in [1.807, 2.05) is 60.7 Å². The van der Waals surface area contributed by atoms with Crippen LogP contribution in [0.5, 0.6) is 0 Å². The molecule has 0 aliphatic carbocycles. The number of carbonyl (C=O) groups is 2. The number of rotatable bonds is 6. The summed E-state index contributed by atoms with van der Waals surface area (Å²) in [5.74, 6) is -0.481. The van der Waals surface area contributed by atoms with E-state index in [1.54, 1.807) is 20.8 Å². The lowest BCUT2D eigenvalue weighted by molar-refractivity contribution is -0.141. The van der Waals surface area contributed by atoms with Gasteiger partial charge in [-0.1, -0.05) is 60.7 Å². The van der Waals surface area contributed by atoms with Crippen molar-refractivity contribution in [3.8, 4) is 0 Å². The van der Waals surface area contributed by atoms with Crippen LogP contribution in [0.3, 0.4) is 0 Å². The van der Waals surface area contributed by atoms with Gasteiger partial charge >= 0.3 is 12.1 Å². The lowest BCUT2D eigenvalue weighted by atomic mass is 10.0. The number of benzene rings is 2. The highest BCUT2D eigenvalue weighted by atomic mass is 16.6. The van der Waals surface area contributed by atoms with Gasteiger partial charge in [-0.2, -0.15) is 0 Å². The van der Waals surface area contributed by atoms with E-state index in [2.05, 4.69) is 10.3 Å². The minimum absolute atomic E-state index is 0.112. The second-order valence-electron chi connectivity index (χ2n) is 7.15.